The van der Waals surface area contributed by atoms with E-state index in [-0.39, 0.29) is 24.4 Å². The van der Waals surface area contributed by atoms with E-state index >= 15 is 0 Å². The third-order valence-corrected chi connectivity index (χ3v) is 5.38. The summed E-state index contributed by atoms with van der Waals surface area (Å²) in [5.74, 6) is -0.360. The molecule has 0 unspecified atom stereocenters. The Morgan fingerprint density at radius 3 is 2.76 bits per heavy atom. The predicted octanol–water partition coefficient (Wildman–Crippen LogP) is 3.30. The van der Waals surface area contributed by atoms with E-state index in [1.807, 2.05) is 30.5 Å². The highest BCUT2D eigenvalue weighted by Gasteiger charge is 2.16. The van der Waals surface area contributed by atoms with Gasteiger partial charge in [-0.3, -0.25) is 9.59 Å². The molecule has 0 spiro atoms. The third-order valence-electron chi connectivity index (χ3n) is 4.37. The summed E-state index contributed by atoms with van der Waals surface area (Å²) in [6.45, 7) is 1.96. The fourth-order valence-corrected chi connectivity index (χ4v) is 3.86. The standard InChI is InChI=1S/C19H23N3O2S/c1-13-12-25-19(21-13)15-7-5-6-14(10-15)18(24)20-11-17(23)22-16-8-3-2-4-9-16/h5-7,10,12,16H,2-4,8-9,11H2,1H3,(H,20,24)(H,22,23). The van der Waals surface area contributed by atoms with Crippen LogP contribution in [0.15, 0.2) is 29.6 Å². The first-order valence-electron chi connectivity index (χ1n) is 8.72. The molecule has 5 nitrogen and oxygen atoms in total. The second-order valence-electron chi connectivity index (χ2n) is 6.46. The maximum absolute atomic E-state index is 12.3. The number of rotatable bonds is 5. The van der Waals surface area contributed by atoms with Gasteiger partial charge in [0.15, 0.2) is 0 Å². The fourth-order valence-electron chi connectivity index (χ4n) is 3.07. The summed E-state index contributed by atoms with van der Waals surface area (Å²) in [7, 11) is 0. The molecule has 132 valence electrons. The van der Waals surface area contributed by atoms with E-state index in [1.165, 1.54) is 19.3 Å². The zero-order valence-corrected chi connectivity index (χ0v) is 15.2. The van der Waals surface area contributed by atoms with Gasteiger partial charge in [-0.25, -0.2) is 4.98 Å². The minimum absolute atomic E-state index is 0.00984. The SMILES string of the molecule is Cc1csc(-c2cccc(C(=O)NCC(=O)NC3CCCCC3)c2)n1. The van der Waals surface area contributed by atoms with Crippen molar-refractivity contribution in [1.29, 1.82) is 0 Å². The van der Waals surface area contributed by atoms with E-state index in [0.717, 1.165) is 29.1 Å². The smallest absolute Gasteiger partial charge is 0.251 e. The molecule has 1 aliphatic rings. The van der Waals surface area contributed by atoms with Gasteiger partial charge in [0.05, 0.1) is 6.54 Å². The fraction of sp³-hybridized carbons (Fsp3) is 0.421. The van der Waals surface area contributed by atoms with Crippen LogP contribution in [0.1, 0.15) is 48.2 Å². The lowest BCUT2D eigenvalue weighted by atomic mass is 9.95. The van der Waals surface area contributed by atoms with Crippen LogP contribution in [0, 0.1) is 6.92 Å². The molecular weight excluding hydrogens is 334 g/mol. The summed E-state index contributed by atoms with van der Waals surface area (Å²) in [5.41, 5.74) is 2.42. The van der Waals surface area contributed by atoms with Crippen LogP contribution in [0.3, 0.4) is 0 Å². The summed E-state index contributed by atoms with van der Waals surface area (Å²) >= 11 is 1.55. The van der Waals surface area contributed by atoms with Crippen molar-refractivity contribution in [2.45, 2.75) is 45.1 Å². The monoisotopic (exact) mass is 357 g/mol. The number of hydrogen-bond donors (Lipinski definition) is 2. The minimum atomic E-state index is -0.242. The highest BCUT2D eigenvalue weighted by atomic mass is 32.1. The largest absolute Gasteiger partial charge is 0.352 e. The molecule has 1 aromatic heterocycles. The first-order chi connectivity index (χ1) is 12.1. The Morgan fingerprint density at radius 2 is 2.04 bits per heavy atom. The number of hydrogen-bond acceptors (Lipinski definition) is 4. The molecule has 0 saturated heterocycles. The molecule has 0 aliphatic heterocycles. The van der Waals surface area contributed by atoms with Gasteiger partial charge in [0, 0.05) is 28.2 Å². The molecule has 1 heterocycles. The van der Waals surface area contributed by atoms with Crippen LogP contribution < -0.4 is 10.6 Å². The number of aromatic nitrogens is 1. The minimum Gasteiger partial charge on any atom is -0.352 e. The van der Waals surface area contributed by atoms with Crippen LogP contribution in [-0.4, -0.2) is 29.4 Å². The third kappa shape index (κ3) is 4.89. The number of amides is 2. The van der Waals surface area contributed by atoms with Crippen molar-refractivity contribution >= 4 is 23.2 Å². The van der Waals surface area contributed by atoms with Crippen molar-refractivity contribution < 1.29 is 9.59 Å². The highest BCUT2D eigenvalue weighted by molar-refractivity contribution is 7.13. The average molecular weight is 357 g/mol. The molecule has 1 fully saturated rings. The van der Waals surface area contributed by atoms with Gasteiger partial charge in [-0.2, -0.15) is 0 Å². The number of nitrogens with zero attached hydrogens (tertiary/aromatic N) is 1. The van der Waals surface area contributed by atoms with Gasteiger partial charge < -0.3 is 10.6 Å². The van der Waals surface area contributed by atoms with Gasteiger partial charge in [0.1, 0.15) is 5.01 Å². The first kappa shape index (κ1) is 17.6. The van der Waals surface area contributed by atoms with E-state index in [9.17, 15) is 9.59 Å². The number of benzene rings is 1. The molecule has 25 heavy (non-hydrogen) atoms. The van der Waals surface area contributed by atoms with Gasteiger partial charge in [0.2, 0.25) is 5.91 Å². The molecule has 1 aromatic carbocycles. The quantitative estimate of drug-likeness (QED) is 0.862. The zero-order chi connectivity index (χ0) is 17.6. The zero-order valence-electron chi connectivity index (χ0n) is 14.4. The van der Waals surface area contributed by atoms with Crippen LogP contribution in [0.5, 0.6) is 0 Å². The van der Waals surface area contributed by atoms with Crippen molar-refractivity contribution in [3.05, 3.63) is 40.9 Å². The molecule has 2 aromatic rings. The van der Waals surface area contributed by atoms with Crippen LogP contribution in [0.4, 0.5) is 0 Å². The topological polar surface area (TPSA) is 71.1 Å². The van der Waals surface area contributed by atoms with Crippen molar-refractivity contribution in [3.8, 4) is 10.6 Å². The molecule has 0 radical (unpaired) electrons. The second-order valence-corrected chi connectivity index (χ2v) is 7.32. The molecule has 2 amide bonds. The summed E-state index contributed by atoms with van der Waals surface area (Å²) in [4.78, 5) is 28.8. The maximum atomic E-state index is 12.3. The lowest BCUT2D eigenvalue weighted by Gasteiger charge is -2.22. The molecule has 6 heteroatoms. The molecule has 0 bridgehead atoms. The van der Waals surface area contributed by atoms with E-state index in [1.54, 1.807) is 17.4 Å². The molecular formula is C19H23N3O2S. The summed E-state index contributed by atoms with van der Waals surface area (Å²) < 4.78 is 0. The van der Waals surface area contributed by atoms with Gasteiger partial charge in [-0.1, -0.05) is 31.4 Å². The average Bonchev–Trinajstić information content (AvgIpc) is 3.07. The van der Waals surface area contributed by atoms with Crippen LogP contribution in [0.25, 0.3) is 10.6 Å². The maximum Gasteiger partial charge on any atom is 0.251 e. The lowest BCUT2D eigenvalue weighted by Crippen LogP contribution is -2.42. The van der Waals surface area contributed by atoms with E-state index < -0.39 is 0 Å². The Morgan fingerprint density at radius 1 is 1.24 bits per heavy atom. The summed E-state index contributed by atoms with van der Waals surface area (Å²) in [6, 6.07) is 7.59. The summed E-state index contributed by atoms with van der Waals surface area (Å²) in [5, 5.41) is 8.58. The number of thiazole rings is 1. The van der Waals surface area contributed by atoms with Crippen molar-refractivity contribution in [2.24, 2.45) is 0 Å². The van der Waals surface area contributed by atoms with Crippen LogP contribution in [-0.2, 0) is 4.79 Å². The second kappa shape index (κ2) is 8.25. The van der Waals surface area contributed by atoms with E-state index in [4.69, 9.17) is 0 Å². The Kier molecular flexibility index (Phi) is 5.81. The van der Waals surface area contributed by atoms with Gasteiger partial charge >= 0.3 is 0 Å². The first-order valence-corrected chi connectivity index (χ1v) is 9.60. The van der Waals surface area contributed by atoms with Crippen LogP contribution in [0.2, 0.25) is 0 Å². The number of carbonyl (C=O) groups excluding carboxylic acids is 2. The van der Waals surface area contributed by atoms with Crippen molar-refractivity contribution in [3.63, 3.8) is 0 Å². The molecule has 0 atom stereocenters. The molecule has 1 aliphatic carbocycles. The normalized spacial score (nSPS) is 14.9. The van der Waals surface area contributed by atoms with Crippen LogP contribution >= 0.6 is 11.3 Å². The molecule has 2 N–H and O–H groups in total. The number of carbonyl (C=O) groups is 2. The van der Waals surface area contributed by atoms with Crippen molar-refractivity contribution in [2.75, 3.05) is 6.54 Å². The number of aryl methyl sites for hydroxylation is 1. The Balaban J connectivity index is 1.55. The molecule has 1 saturated carbocycles. The number of nitrogens with one attached hydrogen (secondary N) is 2. The van der Waals surface area contributed by atoms with Gasteiger partial charge in [-0.15, -0.1) is 11.3 Å². The molecule has 3 rings (SSSR count). The van der Waals surface area contributed by atoms with E-state index in [2.05, 4.69) is 15.6 Å². The Bertz CT molecular complexity index is 751. The highest BCUT2D eigenvalue weighted by Crippen LogP contribution is 2.24. The van der Waals surface area contributed by atoms with Crippen molar-refractivity contribution in [1.82, 2.24) is 15.6 Å². The van der Waals surface area contributed by atoms with Gasteiger partial charge in [-0.05, 0) is 31.9 Å². The Labute approximate surface area is 151 Å². The lowest BCUT2D eigenvalue weighted by molar-refractivity contribution is -0.121. The Hall–Kier alpha value is -2.21. The predicted molar refractivity (Wildman–Crippen MR) is 99.6 cm³/mol. The van der Waals surface area contributed by atoms with Gasteiger partial charge in [0.25, 0.3) is 5.91 Å². The van der Waals surface area contributed by atoms with E-state index in [0.29, 0.717) is 5.56 Å². The summed E-state index contributed by atoms with van der Waals surface area (Å²) in [6.07, 6.45) is 5.66.